The summed E-state index contributed by atoms with van der Waals surface area (Å²) in [6, 6.07) is 11.4. The van der Waals surface area contributed by atoms with Gasteiger partial charge in [0.1, 0.15) is 6.04 Å². The minimum absolute atomic E-state index is 0.0480. The molecule has 1 N–H and O–H groups in total. The van der Waals surface area contributed by atoms with E-state index in [1.54, 1.807) is 4.90 Å². The Balaban J connectivity index is 1.74. The number of nitrogens with zero attached hydrogens (tertiary/aromatic N) is 1. The number of alkyl halides is 3. The van der Waals surface area contributed by atoms with Gasteiger partial charge in [0.25, 0.3) is 0 Å². The number of hydrogen-bond donors (Lipinski definition) is 1. The highest BCUT2D eigenvalue weighted by Gasteiger charge is 2.34. The molecule has 0 saturated heterocycles. The molecule has 0 unspecified atom stereocenters. The lowest BCUT2D eigenvalue weighted by molar-refractivity contribution is -0.148. The maximum atomic E-state index is 12.8. The topological polar surface area (TPSA) is 58.6 Å². The SMILES string of the molecule is COC(=O)[C@@H]1Cc2ccccc2CN1CC(=O)Nc1cccc(C(F)(F)F)c1. The normalized spacial score (nSPS) is 16.9. The second kappa shape index (κ2) is 8.02. The molecule has 0 radical (unpaired) electrons. The van der Waals surface area contributed by atoms with Gasteiger partial charge < -0.3 is 10.1 Å². The molecule has 0 saturated carbocycles. The van der Waals surface area contributed by atoms with Gasteiger partial charge in [0, 0.05) is 12.2 Å². The molecule has 1 atom stereocenters. The Morgan fingerprint density at radius 2 is 1.86 bits per heavy atom. The highest BCUT2D eigenvalue weighted by Crippen LogP contribution is 2.30. The second-order valence-electron chi connectivity index (χ2n) is 6.54. The zero-order chi connectivity index (χ0) is 20.3. The summed E-state index contributed by atoms with van der Waals surface area (Å²) < 4.78 is 43.3. The first-order chi connectivity index (χ1) is 13.3. The second-order valence-corrected chi connectivity index (χ2v) is 6.54. The lowest BCUT2D eigenvalue weighted by Gasteiger charge is -2.34. The Bertz CT molecular complexity index is 883. The average Bonchev–Trinajstić information content (AvgIpc) is 2.66. The largest absolute Gasteiger partial charge is 0.468 e. The minimum Gasteiger partial charge on any atom is -0.468 e. The van der Waals surface area contributed by atoms with Crippen LogP contribution in [0.2, 0.25) is 0 Å². The number of esters is 1. The van der Waals surface area contributed by atoms with Crippen LogP contribution < -0.4 is 5.32 Å². The van der Waals surface area contributed by atoms with Crippen LogP contribution in [0.5, 0.6) is 0 Å². The summed E-state index contributed by atoms with van der Waals surface area (Å²) in [4.78, 5) is 26.2. The standard InChI is InChI=1S/C20H19F3N2O3/c1-28-19(27)17-9-13-5-2-3-6-14(13)11-25(17)12-18(26)24-16-8-4-7-15(10-16)20(21,22)23/h2-8,10,17H,9,11-12H2,1H3,(H,24,26)/t17-/m0/s1. The summed E-state index contributed by atoms with van der Waals surface area (Å²) in [6.45, 7) is 0.219. The van der Waals surface area contributed by atoms with Crippen LogP contribution in [0.15, 0.2) is 48.5 Å². The molecule has 0 fully saturated rings. The number of carbonyl (C=O) groups is 2. The van der Waals surface area contributed by atoms with Crippen molar-refractivity contribution in [3.63, 3.8) is 0 Å². The van der Waals surface area contributed by atoms with Crippen LogP contribution >= 0.6 is 0 Å². The first kappa shape index (κ1) is 19.9. The van der Waals surface area contributed by atoms with E-state index >= 15 is 0 Å². The molecular formula is C20H19F3N2O3. The summed E-state index contributed by atoms with van der Waals surface area (Å²) in [5.41, 5.74) is 1.21. The fourth-order valence-electron chi connectivity index (χ4n) is 3.27. The fraction of sp³-hybridized carbons (Fsp3) is 0.300. The molecule has 148 valence electrons. The van der Waals surface area contributed by atoms with Gasteiger partial charge in [-0.25, -0.2) is 0 Å². The molecule has 2 aromatic carbocycles. The Kier molecular flexibility index (Phi) is 5.69. The summed E-state index contributed by atoms with van der Waals surface area (Å²) in [6.07, 6.45) is -4.09. The highest BCUT2D eigenvalue weighted by molar-refractivity contribution is 5.92. The fourth-order valence-corrected chi connectivity index (χ4v) is 3.27. The summed E-state index contributed by atoms with van der Waals surface area (Å²) in [5, 5.41) is 2.47. The number of nitrogens with one attached hydrogen (secondary N) is 1. The van der Waals surface area contributed by atoms with E-state index in [-0.39, 0.29) is 12.2 Å². The third-order valence-electron chi connectivity index (χ3n) is 4.64. The number of anilines is 1. The highest BCUT2D eigenvalue weighted by atomic mass is 19.4. The van der Waals surface area contributed by atoms with Crippen LogP contribution in [0.3, 0.4) is 0 Å². The molecule has 1 heterocycles. The van der Waals surface area contributed by atoms with Crippen molar-refractivity contribution < 1.29 is 27.5 Å². The van der Waals surface area contributed by atoms with Gasteiger partial charge in [0.15, 0.2) is 0 Å². The van der Waals surface area contributed by atoms with Gasteiger partial charge in [-0.3, -0.25) is 14.5 Å². The smallest absolute Gasteiger partial charge is 0.416 e. The van der Waals surface area contributed by atoms with Gasteiger partial charge in [-0.05, 0) is 35.7 Å². The van der Waals surface area contributed by atoms with E-state index < -0.39 is 29.7 Å². The van der Waals surface area contributed by atoms with Crippen LogP contribution in [0.1, 0.15) is 16.7 Å². The molecule has 8 heteroatoms. The molecule has 5 nitrogen and oxygen atoms in total. The molecule has 0 bridgehead atoms. The summed E-state index contributed by atoms with van der Waals surface area (Å²) >= 11 is 0. The lowest BCUT2D eigenvalue weighted by Crippen LogP contribution is -2.49. The number of carbonyl (C=O) groups excluding carboxylic acids is 2. The molecule has 3 rings (SSSR count). The molecule has 1 aliphatic heterocycles. The maximum absolute atomic E-state index is 12.8. The lowest BCUT2D eigenvalue weighted by atomic mass is 9.94. The van der Waals surface area contributed by atoms with Crippen LogP contribution in [0.4, 0.5) is 18.9 Å². The third kappa shape index (κ3) is 4.51. The van der Waals surface area contributed by atoms with E-state index in [0.29, 0.717) is 13.0 Å². The van der Waals surface area contributed by atoms with E-state index in [1.165, 1.54) is 19.2 Å². The van der Waals surface area contributed by atoms with Crippen molar-refractivity contribution in [1.29, 1.82) is 0 Å². The zero-order valence-corrected chi connectivity index (χ0v) is 15.1. The number of rotatable bonds is 4. The van der Waals surface area contributed by atoms with Crippen molar-refractivity contribution in [2.75, 3.05) is 19.0 Å². The number of ether oxygens (including phenoxy) is 1. The molecule has 0 aliphatic carbocycles. The molecule has 1 aliphatic rings. The summed E-state index contributed by atoms with van der Waals surface area (Å²) in [5.74, 6) is -0.964. The Labute approximate surface area is 160 Å². The first-order valence-corrected chi connectivity index (χ1v) is 8.63. The van der Waals surface area contributed by atoms with Crippen molar-refractivity contribution in [3.05, 3.63) is 65.2 Å². The predicted octanol–water partition coefficient (Wildman–Crippen LogP) is 3.24. The van der Waals surface area contributed by atoms with Gasteiger partial charge in [-0.2, -0.15) is 13.2 Å². The number of benzene rings is 2. The predicted molar refractivity (Wildman–Crippen MR) is 96.4 cm³/mol. The number of amides is 1. The number of halogens is 3. The van der Waals surface area contributed by atoms with E-state index in [2.05, 4.69) is 5.32 Å². The van der Waals surface area contributed by atoms with Crippen LogP contribution in [-0.4, -0.2) is 36.5 Å². The van der Waals surface area contributed by atoms with Crippen molar-refractivity contribution >= 4 is 17.6 Å². The van der Waals surface area contributed by atoms with Crippen LogP contribution in [0.25, 0.3) is 0 Å². The molecule has 28 heavy (non-hydrogen) atoms. The van der Waals surface area contributed by atoms with Gasteiger partial charge in [0.05, 0.1) is 19.2 Å². The van der Waals surface area contributed by atoms with Crippen LogP contribution in [-0.2, 0) is 33.5 Å². The van der Waals surface area contributed by atoms with Gasteiger partial charge in [0.2, 0.25) is 5.91 Å². The Hall–Kier alpha value is -2.87. The van der Waals surface area contributed by atoms with Crippen LogP contribution in [0, 0.1) is 0 Å². The molecule has 0 spiro atoms. The third-order valence-corrected chi connectivity index (χ3v) is 4.64. The molecular weight excluding hydrogens is 373 g/mol. The molecule has 1 amide bonds. The van der Waals surface area contributed by atoms with Crippen molar-refractivity contribution in [2.45, 2.75) is 25.2 Å². The average molecular weight is 392 g/mol. The summed E-state index contributed by atoms with van der Waals surface area (Å²) in [7, 11) is 1.28. The maximum Gasteiger partial charge on any atom is 0.416 e. The number of fused-ring (bicyclic) bond motifs is 1. The number of hydrogen-bond acceptors (Lipinski definition) is 4. The van der Waals surface area contributed by atoms with E-state index in [0.717, 1.165) is 23.3 Å². The molecule has 0 aromatic heterocycles. The van der Waals surface area contributed by atoms with E-state index in [1.807, 2.05) is 24.3 Å². The first-order valence-electron chi connectivity index (χ1n) is 8.63. The van der Waals surface area contributed by atoms with E-state index in [9.17, 15) is 22.8 Å². The van der Waals surface area contributed by atoms with Crippen molar-refractivity contribution in [1.82, 2.24) is 4.90 Å². The van der Waals surface area contributed by atoms with Gasteiger partial charge >= 0.3 is 12.1 Å². The molecule has 2 aromatic rings. The number of methoxy groups -OCH3 is 1. The zero-order valence-electron chi connectivity index (χ0n) is 15.1. The Morgan fingerprint density at radius 3 is 2.54 bits per heavy atom. The van der Waals surface area contributed by atoms with Gasteiger partial charge in [-0.15, -0.1) is 0 Å². The van der Waals surface area contributed by atoms with E-state index in [4.69, 9.17) is 4.74 Å². The minimum atomic E-state index is -4.49. The monoisotopic (exact) mass is 392 g/mol. The quantitative estimate of drug-likeness (QED) is 0.812. The van der Waals surface area contributed by atoms with Crippen molar-refractivity contribution in [2.24, 2.45) is 0 Å². The Morgan fingerprint density at radius 1 is 1.14 bits per heavy atom. The van der Waals surface area contributed by atoms with Crippen molar-refractivity contribution in [3.8, 4) is 0 Å². The van der Waals surface area contributed by atoms with Gasteiger partial charge in [-0.1, -0.05) is 30.3 Å².